The summed E-state index contributed by atoms with van der Waals surface area (Å²) in [6, 6.07) is 15.5. The predicted octanol–water partition coefficient (Wildman–Crippen LogP) is 4.14. The van der Waals surface area contributed by atoms with Crippen molar-refractivity contribution in [3.05, 3.63) is 93.7 Å². The molecule has 0 saturated carbocycles. The van der Waals surface area contributed by atoms with Gasteiger partial charge in [-0.1, -0.05) is 33.6 Å². The minimum atomic E-state index is -0.471. The van der Waals surface area contributed by atoms with Crippen LogP contribution in [0, 0.1) is 6.92 Å². The summed E-state index contributed by atoms with van der Waals surface area (Å²) in [5, 5.41) is 3.96. The van der Waals surface area contributed by atoms with Crippen molar-refractivity contribution < 1.29 is 14.3 Å². The van der Waals surface area contributed by atoms with E-state index < -0.39 is 5.97 Å². The predicted molar refractivity (Wildman–Crippen MR) is 110 cm³/mol. The molecule has 1 heterocycles. The van der Waals surface area contributed by atoms with Gasteiger partial charge in [0.05, 0.1) is 11.8 Å². The number of hydrogen-bond donors (Lipinski definition) is 1. The number of halogens is 1. The summed E-state index contributed by atoms with van der Waals surface area (Å²) >= 11 is 3.38. The normalized spacial score (nSPS) is 10.6. The number of esters is 1. The lowest BCUT2D eigenvalue weighted by atomic mass is 10.1. The van der Waals surface area contributed by atoms with Crippen LogP contribution in [0.25, 0.3) is 0 Å². The van der Waals surface area contributed by atoms with Crippen molar-refractivity contribution in [1.29, 1.82) is 0 Å². The topological polar surface area (TPSA) is 80.6 Å². The van der Waals surface area contributed by atoms with Crippen molar-refractivity contribution in [3.63, 3.8) is 0 Å². The average Bonchev–Trinajstić information content (AvgIpc) is 2.70. The van der Waals surface area contributed by atoms with E-state index in [0.29, 0.717) is 22.4 Å². The Balaban J connectivity index is 1.75. The first kappa shape index (κ1) is 19.4. The van der Waals surface area contributed by atoms with Gasteiger partial charge in [0.2, 0.25) is 0 Å². The highest BCUT2D eigenvalue weighted by atomic mass is 79.9. The molecule has 0 spiro atoms. The number of amides is 1. The number of nitrogens with one attached hydrogen (secondary N) is 1. The molecule has 0 saturated heterocycles. The fourth-order valence-electron chi connectivity index (χ4n) is 2.37. The van der Waals surface area contributed by atoms with Gasteiger partial charge in [-0.05, 0) is 49.4 Å². The van der Waals surface area contributed by atoms with Crippen molar-refractivity contribution in [2.24, 2.45) is 5.10 Å². The summed E-state index contributed by atoms with van der Waals surface area (Å²) in [6.07, 6.45) is 4.47. The quantitative estimate of drug-likeness (QED) is 0.281. The third-order valence-corrected chi connectivity index (χ3v) is 4.23. The van der Waals surface area contributed by atoms with E-state index >= 15 is 0 Å². The van der Waals surface area contributed by atoms with E-state index in [4.69, 9.17) is 4.74 Å². The molecule has 0 aliphatic carbocycles. The lowest BCUT2D eigenvalue weighted by molar-refractivity contribution is 0.0734. The second-order valence-electron chi connectivity index (χ2n) is 5.88. The second-order valence-corrected chi connectivity index (χ2v) is 6.79. The fraction of sp³-hybridized carbons (Fsp3) is 0.0476. The number of rotatable bonds is 5. The molecule has 0 bridgehead atoms. The van der Waals surface area contributed by atoms with Crippen molar-refractivity contribution in [2.45, 2.75) is 6.92 Å². The van der Waals surface area contributed by atoms with Crippen LogP contribution in [0.15, 0.2) is 76.6 Å². The standard InChI is InChI=1S/C21H16BrN3O3/c1-14-3-2-4-16(11-14)21(27)28-19-6-5-18(22)12-17(19)13-24-25-20(26)15-7-9-23-10-8-15/h2-13H,1H3,(H,25,26). The molecule has 0 unspecified atom stereocenters. The molecule has 0 aliphatic heterocycles. The number of hydrogen-bond acceptors (Lipinski definition) is 5. The zero-order valence-electron chi connectivity index (χ0n) is 14.9. The molecule has 7 heteroatoms. The molecule has 2 aromatic carbocycles. The zero-order chi connectivity index (χ0) is 19.9. The van der Waals surface area contributed by atoms with Crippen LogP contribution in [0.2, 0.25) is 0 Å². The van der Waals surface area contributed by atoms with Gasteiger partial charge in [-0.3, -0.25) is 9.78 Å². The molecule has 3 rings (SSSR count). The molecule has 28 heavy (non-hydrogen) atoms. The van der Waals surface area contributed by atoms with Crippen molar-refractivity contribution in [3.8, 4) is 5.75 Å². The van der Waals surface area contributed by atoms with Crippen molar-refractivity contribution in [2.75, 3.05) is 0 Å². The van der Waals surface area contributed by atoms with E-state index in [-0.39, 0.29) is 5.91 Å². The van der Waals surface area contributed by atoms with Gasteiger partial charge < -0.3 is 4.74 Å². The van der Waals surface area contributed by atoms with Gasteiger partial charge in [-0.2, -0.15) is 5.10 Å². The van der Waals surface area contributed by atoms with E-state index in [2.05, 4.69) is 31.4 Å². The first-order valence-electron chi connectivity index (χ1n) is 8.35. The summed E-state index contributed by atoms with van der Waals surface area (Å²) in [6.45, 7) is 1.90. The molecule has 6 nitrogen and oxygen atoms in total. The van der Waals surface area contributed by atoms with Gasteiger partial charge in [0.15, 0.2) is 0 Å². The number of carbonyl (C=O) groups excluding carboxylic acids is 2. The Morgan fingerprint density at radius 1 is 1.07 bits per heavy atom. The molecule has 0 aliphatic rings. The van der Waals surface area contributed by atoms with Crippen LogP contribution in [-0.4, -0.2) is 23.1 Å². The SMILES string of the molecule is Cc1cccc(C(=O)Oc2ccc(Br)cc2C=NNC(=O)c2ccncc2)c1. The number of carbonyl (C=O) groups is 2. The monoisotopic (exact) mass is 437 g/mol. The highest BCUT2D eigenvalue weighted by Gasteiger charge is 2.12. The zero-order valence-corrected chi connectivity index (χ0v) is 16.5. The molecular weight excluding hydrogens is 422 g/mol. The van der Waals surface area contributed by atoms with Gasteiger partial charge in [0.25, 0.3) is 5.91 Å². The summed E-state index contributed by atoms with van der Waals surface area (Å²) in [5.74, 6) is -0.509. The van der Waals surface area contributed by atoms with Gasteiger partial charge >= 0.3 is 5.97 Å². The third-order valence-electron chi connectivity index (χ3n) is 3.74. The molecule has 0 atom stereocenters. The number of hydrazone groups is 1. The molecule has 1 N–H and O–H groups in total. The van der Waals surface area contributed by atoms with Crippen LogP contribution in [0.1, 0.15) is 31.8 Å². The number of pyridine rings is 1. The van der Waals surface area contributed by atoms with E-state index in [9.17, 15) is 9.59 Å². The molecule has 1 aromatic heterocycles. The number of aryl methyl sites for hydroxylation is 1. The summed E-state index contributed by atoms with van der Waals surface area (Å²) in [7, 11) is 0. The Morgan fingerprint density at radius 2 is 1.86 bits per heavy atom. The Kier molecular flexibility index (Phi) is 6.29. The number of ether oxygens (including phenoxy) is 1. The smallest absolute Gasteiger partial charge is 0.343 e. The Bertz CT molecular complexity index is 1040. The maximum absolute atomic E-state index is 12.4. The van der Waals surface area contributed by atoms with Crippen LogP contribution in [0.3, 0.4) is 0 Å². The summed E-state index contributed by atoms with van der Waals surface area (Å²) < 4.78 is 6.29. The fourth-order valence-corrected chi connectivity index (χ4v) is 2.75. The van der Waals surface area contributed by atoms with Crippen LogP contribution in [0.5, 0.6) is 5.75 Å². The van der Waals surface area contributed by atoms with E-state index in [1.165, 1.54) is 18.6 Å². The van der Waals surface area contributed by atoms with E-state index in [1.807, 2.05) is 13.0 Å². The molecule has 1 amide bonds. The molecule has 0 fully saturated rings. The maximum Gasteiger partial charge on any atom is 0.343 e. The number of aromatic nitrogens is 1. The Morgan fingerprint density at radius 3 is 2.61 bits per heavy atom. The first-order valence-corrected chi connectivity index (χ1v) is 9.14. The van der Waals surface area contributed by atoms with Crippen molar-refractivity contribution in [1.82, 2.24) is 10.4 Å². The Hall–Kier alpha value is -3.32. The van der Waals surface area contributed by atoms with Gasteiger partial charge in [-0.15, -0.1) is 0 Å². The van der Waals surface area contributed by atoms with E-state index in [1.54, 1.807) is 48.5 Å². The third kappa shape index (κ3) is 5.11. The molecule has 140 valence electrons. The second kappa shape index (κ2) is 9.05. The maximum atomic E-state index is 12.4. The molecule has 3 aromatic rings. The highest BCUT2D eigenvalue weighted by molar-refractivity contribution is 9.10. The largest absolute Gasteiger partial charge is 0.422 e. The van der Waals surface area contributed by atoms with Crippen LogP contribution < -0.4 is 10.2 Å². The van der Waals surface area contributed by atoms with Gasteiger partial charge in [0, 0.05) is 28.0 Å². The lowest BCUT2D eigenvalue weighted by Gasteiger charge is -2.08. The first-order chi connectivity index (χ1) is 13.5. The highest BCUT2D eigenvalue weighted by Crippen LogP contribution is 2.23. The van der Waals surface area contributed by atoms with Crippen LogP contribution >= 0.6 is 15.9 Å². The van der Waals surface area contributed by atoms with Crippen LogP contribution in [-0.2, 0) is 0 Å². The summed E-state index contributed by atoms with van der Waals surface area (Å²) in [5.41, 5.74) is 4.82. The lowest BCUT2D eigenvalue weighted by Crippen LogP contribution is -2.17. The minimum Gasteiger partial charge on any atom is -0.422 e. The number of benzene rings is 2. The Labute approximate surface area is 170 Å². The summed E-state index contributed by atoms with van der Waals surface area (Å²) in [4.78, 5) is 28.3. The number of nitrogens with zero attached hydrogens (tertiary/aromatic N) is 2. The average molecular weight is 438 g/mol. The van der Waals surface area contributed by atoms with Crippen LogP contribution in [0.4, 0.5) is 0 Å². The van der Waals surface area contributed by atoms with Gasteiger partial charge in [0.1, 0.15) is 5.75 Å². The van der Waals surface area contributed by atoms with Crippen molar-refractivity contribution >= 4 is 34.0 Å². The molecular formula is C21H16BrN3O3. The van der Waals surface area contributed by atoms with E-state index in [0.717, 1.165) is 10.0 Å². The molecule has 0 radical (unpaired) electrons. The minimum absolute atomic E-state index is 0.330. The van der Waals surface area contributed by atoms with Gasteiger partial charge in [-0.25, -0.2) is 10.2 Å².